The van der Waals surface area contributed by atoms with Crippen LogP contribution in [0.1, 0.15) is 5.56 Å². The smallest absolute Gasteiger partial charge is 0.0888 e. The van der Waals surface area contributed by atoms with Crippen LogP contribution in [-0.2, 0) is 0 Å². The van der Waals surface area contributed by atoms with Gasteiger partial charge in [-0.05, 0) is 30.7 Å². The highest BCUT2D eigenvalue weighted by Gasteiger charge is 2.01. The molecule has 0 aliphatic carbocycles. The van der Waals surface area contributed by atoms with Crippen molar-refractivity contribution in [2.45, 2.75) is 6.92 Å². The molecular weight excluding hydrogens is 184 g/mol. The second kappa shape index (κ2) is 4.28. The highest BCUT2D eigenvalue weighted by molar-refractivity contribution is 6.30. The predicted octanol–water partition coefficient (Wildman–Crippen LogP) is 2.74. The lowest BCUT2D eigenvalue weighted by Gasteiger charge is -2.15. The van der Waals surface area contributed by atoms with Gasteiger partial charge in [0.2, 0.25) is 0 Å². The number of nitrogens with zero attached hydrogens (tertiary/aromatic N) is 2. The van der Waals surface area contributed by atoms with Crippen molar-refractivity contribution in [1.82, 2.24) is 0 Å². The van der Waals surface area contributed by atoms with Crippen LogP contribution in [0.15, 0.2) is 23.2 Å². The number of halogens is 1. The Morgan fingerprint density at radius 2 is 2.15 bits per heavy atom. The van der Waals surface area contributed by atoms with Crippen LogP contribution in [0.25, 0.3) is 0 Å². The van der Waals surface area contributed by atoms with Crippen molar-refractivity contribution < 1.29 is 0 Å². The number of aryl methyl sites for hydroxylation is 1. The average Bonchev–Trinajstić information content (AvgIpc) is 2.04. The Morgan fingerprint density at radius 3 is 2.69 bits per heavy atom. The van der Waals surface area contributed by atoms with Gasteiger partial charge in [-0.25, -0.2) is 0 Å². The number of rotatable bonds is 2. The molecule has 0 N–H and O–H groups in total. The van der Waals surface area contributed by atoms with Gasteiger partial charge in [0.1, 0.15) is 0 Å². The molecular formula is C10H13ClN2. The predicted molar refractivity (Wildman–Crippen MR) is 59.0 cm³/mol. The Bertz CT molecular complexity index is 321. The summed E-state index contributed by atoms with van der Waals surface area (Å²) in [6, 6.07) is 5.81. The normalized spacial score (nSPS) is 10.8. The summed E-state index contributed by atoms with van der Waals surface area (Å²) in [5.74, 6) is 0. The van der Waals surface area contributed by atoms with Crippen LogP contribution >= 0.6 is 11.6 Å². The van der Waals surface area contributed by atoms with Crippen LogP contribution in [0, 0.1) is 6.92 Å². The van der Waals surface area contributed by atoms with Gasteiger partial charge >= 0.3 is 0 Å². The maximum absolute atomic E-state index is 5.85. The molecule has 0 atom stereocenters. The zero-order valence-electron chi connectivity index (χ0n) is 8.08. The maximum atomic E-state index is 5.85. The van der Waals surface area contributed by atoms with E-state index >= 15 is 0 Å². The third-order valence-corrected chi connectivity index (χ3v) is 2.06. The molecule has 0 fully saturated rings. The fourth-order valence-electron chi connectivity index (χ4n) is 1.25. The lowest BCUT2D eigenvalue weighted by atomic mass is 10.2. The molecule has 3 heteroatoms. The van der Waals surface area contributed by atoms with E-state index in [0.29, 0.717) is 0 Å². The van der Waals surface area contributed by atoms with Crippen LogP contribution in [-0.4, -0.2) is 20.4 Å². The number of hydrogen-bond acceptors (Lipinski definition) is 1. The highest BCUT2D eigenvalue weighted by atomic mass is 35.5. The van der Waals surface area contributed by atoms with Gasteiger partial charge in [-0.3, -0.25) is 4.99 Å². The molecule has 1 aromatic rings. The monoisotopic (exact) mass is 196 g/mol. The third-order valence-electron chi connectivity index (χ3n) is 1.83. The molecule has 0 saturated heterocycles. The Morgan fingerprint density at radius 1 is 1.46 bits per heavy atom. The molecule has 0 aliphatic rings. The minimum atomic E-state index is 0.767. The summed E-state index contributed by atoms with van der Waals surface area (Å²) in [6.45, 7) is 2.03. The largest absolute Gasteiger partial charge is 0.336 e. The molecule has 2 nitrogen and oxygen atoms in total. The Labute approximate surface area is 83.8 Å². The summed E-state index contributed by atoms with van der Waals surface area (Å²) in [7, 11) is 3.71. The van der Waals surface area contributed by atoms with Crippen LogP contribution in [0.3, 0.4) is 0 Å². The van der Waals surface area contributed by atoms with E-state index in [9.17, 15) is 0 Å². The molecule has 0 radical (unpaired) electrons. The van der Waals surface area contributed by atoms with E-state index in [1.54, 1.807) is 13.4 Å². The SMILES string of the molecule is CN=CN(C)c1ccc(Cl)cc1C. The van der Waals surface area contributed by atoms with Gasteiger partial charge < -0.3 is 4.90 Å². The van der Waals surface area contributed by atoms with E-state index in [1.807, 2.05) is 37.1 Å². The minimum Gasteiger partial charge on any atom is -0.336 e. The first-order valence-corrected chi connectivity index (χ1v) is 4.44. The zero-order chi connectivity index (χ0) is 9.84. The fraction of sp³-hybridized carbons (Fsp3) is 0.300. The molecule has 0 unspecified atom stereocenters. The number of anilines is 1. The Balaban J connectivity index is 3.01. The summed E-state index contributed by atoms with van der Waals surface area (Å²) in [6.07, 6.45) is 1.77. The Hall–Kier alpha value is -1.02. The van der Waals surface area contributed by atoms with Crippen LogP contribution < -0.4 is 4.90 Å². The molecule has 0 amide bonds. The van der Waals surface area contributed by atoms with E-state index < -0.39 is 0 Å². The first-order chi connectivity index (χ1) is 6.15. The van der Waals surface area contributed by atoms with Gasteiger partial charge in [0.05, 0.1) is 6.34 Å². The molecule has 70 valence electrons. The van der Waals surface area contributed by atoms with Crippen LogP contribution in [0.5, 0.6) is 0 Å². The molecule has 0 spiro atoms. The zero-order valence-corrected chi connectivity index (χ0v) is 8.84. The maximum Gasteiger partial charge on any atom is 0.0888 e. The third kappa shape index (κ3) is 2.46. The fourth-order valence-corrected chi connectivity index (χ4v) is 1.48. The molecule has 0 aromatic heterocycles. The summed E-state index contributed by atoms with van der Waals surface area (Å²) in [5.41, 5.74) is 2.27. The van der Waals surface area contributed by atoms with Crippen molar-refractivity contribution >= 4 is 23.6 Å². The van der Waals surface area contributed by atoms with Crippen molar-refractivity contribution in [1.29, 1.82) is 0 Å². The molecule has 13 heavy (non-hydrogen) atoms. The first-order valence-electron chi connectivity index (χ1n) is 4.06. The quantitative estimate of drug-likeness (QED) is 0.525. The van der Waals surface area contributed by atoms with Gasteiger partial charge in [0.25, 0.3) is 0 Å². The van der Waals surface area contributed by atoms with Crippen molar-refractivity contribution in [3.63, 3.8) is 0 Å². The second-order valence-electron chi connectivity index (χ2n) is 2.92. The van der Waals surface area contributed by atoms with Crippen molar-refractivity contribution in [3.8, 4) is 0 Å². The lowest BCUT2D eigenvalue weighted by Crippen LogP contribution is -2.15. The molecule has 0 bridgehead atoms. The summed E-state index contributed by atoms with van der Waals surface area (Å²) in [5, 5.41) is 0.767. The second-order valence-corrected chi connectivity index (χ2v) is 3.35. The van der Waals surface area contributed by atoms with Crippen LogP contribution in [0.4, 0.5) is 5.69 Å². The van der Waals surface area contributed by atoms with Crippen molar-refractivity contribution in [2.75, 3.05) is 19.0 Å². The van der Waals surface area contributed by atoms with E-state index in [4.69, 9.17) is 11.6 Å². The van der Waals surface area contributed by atoms with Gasteiger partial charge in [-0.1, -0.05) is 11.6 Å². The van der Waals surface area contributed by atoms with Crippen molar-refractivity contribution in [2.24, 2.45) is 4.99 Å². The molecule has 0 saturated carbocycles. The molecule has 1 rings (SSSR count). The van der Waals surface area contributed by atoms with E-state index in [2.05, 4.69) is 4.99 Å². The standard InChI is InChI=1S/C10H13ClN2/c1-8-6-9(11)4-5-10(8)13(3)7-12-2/h4-7H,1-3H3. The van der Waals surface area contributed by atoms with Gasteiger partial charge in [0.15, 0.2) is 0 Å². The summed E-state index contributed by atoms with van der Waals surface area (Å²) >= 11 is 5.85. The molecule has 0 heterocycles. The van der Waals surface area contributed by atoms with Gasteiger partial charge in [0, 0.05) is 24.8 Å². The van der Waals surface area contributed by atoms with Crippen molar-refractivity contribution in [3.05, 3.63) is 28.8 Å². The Kier molecular flexibility index (Phi) is 3.32. The van der Waals surface area contributed by atoms with Gasteiger partial charge in [-0.2, -0.15) is 0 Å². The first kappa shape index (κ1) is 10.1. The number of aliphatic imine (C=N–C) groups is 1. The van der Waals surface area contributed by atoms with E-state index in [1.165, 1.54) is 0 Å². The summed E-state index contributed by atoms with van der Waals surface area (Å²) < 4.78 is 0. The van der Waals surface area contributed by atoms with Gasteiger partial charge in [-0.15, -0.1) is 0 Å². The van der Waals surface area contributed by atoms with E-state index in [0.717, 1.165) is 16.3 Å². The number of hydrogen-bond donors (Lipinski definition) is 0. The minimum absolute atomic E-state index is 0.767. The highest BCUT2D eigenvalue weighted by Crippen LogP contribution is 2.21. The summed E-state index contributed by atoms with van der Waals surface area (Å²) in [4.78, 5) is 5.91. The lowest BCUT2D eigenvalue weighted by molar-refractivity contribution is 1.24. The topological polar surface area (TPSA) is 15.6 Å². The van der Waals surface area contributed by atoms with E-state index in [-0.39, 0.29) is 0 Å². The number of benzene rings is 1. The molecule has 0 aliphatic heterocycles. The van der Waals surface area contributed by atoms with Crippen LogP contribution in [0.2, 0.25) is 5.02 Å². The average molecular weight is 197 g/mol. The molecule has 1 aromatic carbocycles.